The lowest BCUT2D eigenvalue weighted by atomic mass is 10.1. The van der Waals surface area contributed by atoms with Crippen molar-refractivity contribution in [3.8, 4) is 23.0 Å². The van der Waals surface area contributed by atoms with Gasteiger partial charge in [-0.2, -0.15) is 0 Å². The zero-order chi connectivity index (χ0) is 20.0. The van der Waals surface area contributed by atoms with Crippen molar-refractivity contribution < 1.29 is 39.6 Å². The Labute approximate surface area is 145 Å². The van der Waals surface area contributed by atoms with Gasteiger partial charge in [-0.15, -0.1) is 0 Å². The fourth-order valence-electron chi connectivity index (χ4n) is 1.61. The third kappa shape index (κ3) is 4.96. The van der Waals surface area contributed by atoms with Gasteiger partial charge in [-0.05, 0) is 36.4 Å². The van der Waals surface area contributed by atoms with E-state index in [0.29, 0.717) is 0 Å². The number of aromatic hydroxyl groups is 4. The summed E-state index contributed by atoms with van der Waals surface area (Å²) in [7, 11) is 0. The number of hydrogen-bond donors (Lipinski definition) is 6. The van der Waals surface area contributed by atoms with E-state index in [9.17, 15) is 19.2 Å². The van der Waals surface area contributed by atoms with Gasteiger partial charge >= 0.3 is 0 Å². The Bertz CT molecular complexity index is 818. The summed E-state index contributed by atoms with van der Waals surface area (Å²) >= 11 is 0. The van der Waals surface area contributed by atoms with Crippen molar-refractivity contribution >= 4 is 23.4 Å². The highest BCUT2D eigenvalue weighted by molar-refractivity contribution is 6.42. The summed E-state index contributed by atoms with van der Waals surface area (Å²) in [5.74, 6) is -5.68. The maximum Gasteiger partial charge on any atom is 0.289 e. The van der Waals surface area contributed by atoms with Gasteiger partial charge in [0.25, 0.3) is 11.8 Å². The van der Waals surface area contributed by atoms with E-state index in [1.54, 1.807) is 0 Å². The molecule has 0 atom stereocenters. The number of primary amides is 2. The third-order valence-corrected chi connectivity index (χ3v) is 2.92. The third-order valence-electron chi connectivity index (χ3n) is 2.92. The number of hydrogen-bond acceptors (Lipinski definition) is 8. The lowest BCUT2D eigenvalue weighted by Crippen LogP contribution is -2.22. The van der Waals surface area contributed by atoms with Crippen molar-refractivity contribution in [2.75, 3.05) is 0 Å². The molecule has 0 heterocycles. The van der Waals surface area contributed by atoms with Gasteiger partial charge in [0.05, 0.1) is 0 Å². The van der Waals surface area contributed by atoms with Gasteiger partial charge in [-0.3, -0.25) is 19.2 Å². The second-order valence-electron chi connectivity index (χ2n) is 4.79. The smallest absolute Gasteiger partial charge is 0.289 e. The number of Topliss-reactive ketones (excluding diaryl/α,β-unsaturated/α-hetero) is 2. The average Bonchev–Trinajstić information content (AvgIpc) is 2.58. The van der Waals surface area contributed by atoms with E-state index in [-0.39, 0.29) is 22.6 Å². The number of amides is 2. The first kappa shape index (κ1) is 20.0. The zero-order valence-corrected chi connectivity index (χ0v) is 13.0. The van der Waals surface area contributed by atoms with Crippen LogP contribution in [0.5, 0.6) is 23.0 Å². The minimum atomic E-state index is -1.11. The Morgan fingerprint density at radius 3 is 1.12 bits per heavy atom. The van der Waals surface area contributed by atoms with Crippen LogP contribution in [0.1, 0.15) is 20.7 Å². The lowest BCUT2D eigenvalue weighted by molar-refractivity contribution is -0.114. The van der Waals surface area contributed by atoms with Crippen LogP contribution in [0, 0.1) is 0 Å². The van der Waals surface area contributed by atoms with Crippen LogP contribution < -0.4 is 11.5 Å². The number of rotatable bonds is 4. The van der Waals surface area contributed by atoms with Gasteiger partial charge in [0.2, 0.25) is 11.6 Å². The summed E-state index contributed by atoms with van der Waals surface area (Å²) < 4.78 is 0. The quantitative estimate of drug-likeness (QED) is 0.238. The largest absolute Gasteiger partial charge is 0.504 e. The van der Waals surface area contributed by atoms with Crippen LogP contribution in [0.15, 0.2) is 36.4 Å². The van der Waals surface area contributed by atoms with E-state index >= 15 is 0 Å². The highest BCUT2D eigenvalue weighted by atomic mass is 16.3. The molecule has 0 aliphatic carbocycles. The molecule has 136 valence electrons. The molecule has 0 unspecified atom stereocenters. The van der Waals surface area contributed by atoms with Crippen LogP contribution in [0.25, 0.3) is 0 Å². The fraction of sp³-hybridized carbons (Fsp3) is 0. The summed E-state index contributed by atoms with van der Waals surface area (Å²) in [6, 6.07) is 6.55. The molecule has 2 amide bonds. The van der Waals surface area contributed by atoms with E-state index in [1.807, 2.05) is 0 Å². The molecule has 2 rings (SSSR count). The molecule has 0 saturated heterocycles. The van der Waals surface area contributed by atoms with Crippen molar-refractivity contribution in [1.82, 2.24) is 0 Å². The minimum Gasteiger partial charge on any atom is -0.504 e. The molecule has 0 spiro atoms. The first-order valence-corrected chi connectivity index (χ1v) is 6.76. The molecular formula is C16H14N2O8. The van der Waals surface area contributed by atoms with E-state index < -0.39 is 34.9 Å². The number of phenolic OH excluding ortho intramolecular Hbond substituents is 4. The van der Waals surface area contributed by atoms with Crippen molar-refractivity contribution in [2.24, 2.45) is 11.5 Å². The molecule has 0 fully saturated rings. The molecule has 10 nitrogen and oxygen atoms in total. The molecule has 0 bridgehead atoms. The Hall–Kier alpha value is -4.08. The van der Waals surface area contributed by atoms with E-state index in [2.05, 4.69) is 0 Å². The molecular weight excluding hydrogens is 348 g/mol. The van der Waals surface area contributed by atoms with Crippen LogP contribution in [-0.2, 0) is 9.59 Å². The van der Waals surface area contributed by atoms with E-state index in [0.717, 1.165) is 24.3 Å². The molecule has 0 aromatic heterocycles. The van der Waals surface area contributed by atoms with Gasteiger partial charge in [0, 0.05) is 11.1 Å². The van der Waals surface area contributed by atoms with Gasteiger partial charge in [-0.1, -0.05) is 0 Å². The number of carbonyl (C=O) groups excluding carboxylic acids is 4. The van der Waals surface area contributed by atoms with E-state index in [4.69, 9.17) is 31.9 Å². The Morgan fingerprint density at radius 2 is 0.885 bits per heavy atom. The van der Waals surface area contributed by atoms with Crippen molar-refractivity contribution in [2.45, 2.75) is 0 Å². The Kier molecular flexibility index (Phi) is 6.26. The summed E-state index contributed by atoms with van der Waals surface area (Å²) in [6.45, 7) is 0. The molecule has 0 radical (unpaired) electrons. The zero-order valence-electron chi connectivity index (χ0n) is 13.0. The molecule has 8 N–H and O–H groups in total. The van der Waals surface area contributed by atoms with Crippen LogP contribution in [0.2, 0.25) is 0 Å². The number of ketones is 2. The summed E-state index contributed by atoms with van der Waals surface area (Å²) in [5.41, 5.74) is 9.34. The second-order valence-corrected chi connectivity index (χ2v) is 4.79. The minimum absolute atomic E-state index is 0.0530. The predicted molar refractivity (Wildman–Crippen MR) is 86.6 cm³/mol. The lowest BCUT2D eigenvalue weighted by Gasteiger charge is -1.99. The standard InChI is InChI=1S/2C8H7NO4/c2*9-8(13)7(12)4-1-2-5(10)6(11)3-4/h2*1-3,10-11H,(H2,9,13). The topological polar surface area (TPSA) is 201 Å². The van der Waals surface area contributed by atoms with Crippen LogP contribution in [0.3, 0.4) is 0 Å². The highest BCUT2D eigenvalue weighted by Gasteiger charge is 2.14. The summed E-state index contributed by atoms with van der Waals surface area (Å²) in [4.78, 5) is 42.7. The maximum atomic E-state index is 10.9. The Morgan fingerprint density at radius 1 is 0.577 bits per heavy atom. The predicted octanol–water partition coefficient (Wildman–Crippen LogP) is -0.468. The van der Waals surface area contributed by atoms with Crippen LogP contribution in [0.4, 0.5) is 0 Å². The first-order chi connectivity index (χ1) is 12.0. The van der Waals surface area contributed by atoms with Crippen LogP contribution in [-0.4, -0.2) is 43.8 Å². The second kappa shape index (κ2) is 8.15. The van der Waals surface area contributed by atoms with Crippen molar-refractivity contribution in [3.05, 3.63) is 47.5 Å². The van der Waals surface area contributed by atoms with Crippen molar-refractivity contribution in [3.63, 3.8) is 0 Å². The molecule has 0 saturated carbocycles. The molecule has 26 heavy (non-hydrogen) atoms. The number of carbonyl (C=O) groups is 4. The van der Waals surface area contributed by atoms with Gasteiger partial charge < -0.3 is 31.9 Å². The monoisotopic (exact) mass is 362 g/mol. The number of nitrogens with two attached hydrogens (primary N) is 2. The van der Waals surface area contributed by atoms with Gasteiger partial charge in [0.1, 0.15) is 0 Å². The number of phenols is 4. The highest BCUT2D eigenvalue weighted by Crippen LogP contribution is 2.25. The fourth-order valence-corrected chi connectivity index (χ4v) is 1.61. The average molecular weight is 362 g/mol. The van der Waals surface area contributed by atoms with Crippen LogP contribution >= 0.6 is 0 Å². The van der Waals surface area contributed by atoms with E-state index in [1.165, 1.54) is 12.1 Å². The normalized spacial score (nSPS) is 9.54. The first-order valence-electron chi connectivity index (χ1n) is 6.76. The molecule has 0 aliphatic heterocycles. The molecule has 2 aromatic carbocycles. The number of benzene rings is 2. The van der Waals surface area contributed by atoms with Gasteiger partial charge in [-0.25, -0.2) is 0 Å². The maximum absolute atomic E-state index is 10.9. The SMILES string of the molecule is NC(=O)C(=O)c1ccc(O)c(O)c1.NC(=O)C(=O)c1ccc(O)c(O)c1. The van der Waals surface area contributed by atoms with Crippen molar-refractivity contribution in [1.29, 1.82) is 0 Å². The molecule has 10 heteroatoms. The molecule has 0 aliphatic rings. The molecule has 2 aromatic rings. The summed E-state index contributed by atoms with van der Waals surface area (Å²) in [6.07, 6.45) is 0. The summed E-state index contributed by atoms with van der Waals surface area (Å²) in [5, 5.41) is 35.7. The Balaban J connectivity index is 0.000000260. The van der Waals surface area contributed by atoms with Gasteiger partial charge in [0.15, 0.2) is 23.0 Å².